The number of halogens is 2. The molecule has 0 radical (unpaired) electrons. The third kappa shape index (κ3) is 4.82. The monoisotopic (exact) mass is 272 g/mol. The number of nitrogens with two attached hydrogens (primary N) is 1. The molecule has 2 N–H and O–H groups in total. The number of ether oxygens (including phenoxy) is 1. The number of hydrogen-bond donors (Lipinski definition) is 1. The minimum absolute atomic E-state index is 0.0459. The maximum Gasteiger partial charge on any atom is 0.387 e. The van der Waals surface area contributed by atoms with Crippen molar-refractivity contribution < 1.29 is 18.3 Å². The molecular weight excluding hydrogens is 254 g/mol. The molecule has 0 aromatic heterocycles. The van der Waals surface area contributed by atoms with Gasteiger partial charge in [0.1, 0.15) is 5.75 Å². The molecule has 0 heterocycles. The Labute approximate surface area is 111 Å². The Hall–Kier alpha value is -1.69. The molecule has 0 bridgehead atoms. The minimum Gasteiger partial charge on any atom is -0.435 e. The predicted molar refractivity (Wildman–Crippen MR) is 67.8 cm³/mol. The van der Waals surface area contributed by atoms with Crippen LogP contribution in [0.1, 0.15) is 12.5 Å². The molecule has 106 valence electrons. The van der Waals surface area contributed by atoms with Crippen molar-refractivity contribution in [3.63, 3.8) is 0 Å². The van der Waals surface area contributed by atoms with Crippen LogP contribution in [0, 0.1) is 5.92 Å². The molecule has 1 rings (SSSR count). The Morgan fingerprint density at radius 2 is 1.95 bits per heavy atom. The largest absolute Gasteiger partial charge is 0.435 e. The van der Waals surface area contributed by atoms with E-state index < -0.39 is 6.61 Å². The number of amides is 1. The molecule has 0 aliphatic heterocycles. The number of nitrogens with zero attached hydrogens (tertiary/aromatic N) is 1. The van der Waals surface area contributed by atoms with Gasteiger partial charge in [0.15, 0.2) is 0 Å². The summed E-state index contributed by atoms with van der Waals surface area (Å²) < 4.78 is 28.2. The molecule has 0 spiro atoms. The maximum atomic E-state index is 12.0. The van der Waals surface area contributed by atoms with Crippen LogP contribution in [0.2, 0.25) is 0 Å². The van der Waals surface area contributed by atoms with Gasteiger partial charge in [0.05, 0.1) is 0 Å². The fourth-order valence-corrected chi connectivity index (χ4v) is 1.61. The first kappa shape index (κ1) is 15.4. The van der Waals surface area contributed by atoms with Gasteiger partial charge in [-0.3, -0.25) is 4.79 Å². The summed E-state index contributed by atoms with van der Waals surface area (Å²) in [6, 6.07) is 6.20. The summed E-state index contributed by atoms with van der Waals surface area (Å²) in [6.07, 6.45) is 0. The summed E-state index contributed by atoms with van der Waals surface area (Å²) in [5.74, 6) is -0.176. The summed E-state index contributed by atoms with van der Waals surface area (Å²) in [4.78, 5) is 13.4. The van der Waals surface area contributed by atoms with E-state index in [4.69, 9.17) is 5.73 Å². The summed E-state index contributed by atoms with van der Waals surface area (Å²) in [5, 5.41) is 0. The first-order chi connectivity index (χ1) is 8.93. The molecule has 1 unspecified atom stereocenters. The Bertz CT molecular complexity index is 410. The zero-order valence-electron chi connectivity index (χ0n) is 11.0. The second-order valence-corrected chi connectivity index (χ2v) is 4.35. The Kier molecular flexibility index (Phi) is 5.69. The van der Waals surface area contributed by atoms with Crippen molar-refractivity contribution in [3.05, 3.63) is 29.8 Å². The summed E-state index contributed by atoms with van der Waals surface area (Å²) in [6.45, 7) is -0.374. The second kappa shape index (κ2) is 7.04. The molecule has 6 heteroatoms. The highest BCUT2D eigenvalue weighted by atomic mass is 19.3. The zero-order chi connectivity index (χ0) is 14.4. The van der Waals surface area contributed by atoms with E-state index >= 15 is 0 Å². The van der Waals surface area contributed by atoms with Gasteiger partial charge in [-0.1, -0.05) is 19.1 Å². The number of alkyl halides is 2. The molecular formula is C13H18F2N2O2. The average Bonchev–Trinajstić information content (AvgIpc) is 2.38. The van der Waals surface area contributed by atoms with Crippen molar-refractivity contribution in [1.82, 2.24) is 4.90 Å². The van der Waals surface area contributed by atoms with E-state index in [-0.39, 0.29) is 17.6 Å². The smallest absolute Gasteiger partial charge is 0.387 e. The quantitative estimate of drug-likeness (QED) is 0.859. The van der Waals surface area contributed by atoms with Gasteiger partial charge >= 0.3 is 6.61 Å². The van der Waals surface area contributed by atoms with Crippen molar-refractivity contribution in [3.8, 4) is 5.75 Å². The lowest BCUT2D eigenvalue weighted by Gasteiger charge is -2.20. The summed E-state index contributed by atoms with van der Waals surface area (Å²) in [5.41, 5.74) is 6.27. The standard InChI is InChI=1S/C13H18F2N2O2/c1-9(7-16)12(18)17(2)8-10-3-5-11(6-4-10)19-13(14)15/h3-6,9,13H,7-8,16H2,1-2H3. The summed E-state index contributed by atoms with van der Waals surface area (Å²) in [7, 11) is 1.68. The number of carbonyl (C=O) groups excluding carboxylic acids is 1. The van der Waals surface area contributed by atoms with Crippen molar-refractivity contribution in [2.24, 2.45) is 11.7 Å². The molecule has 19 heavy (non-hydrogen) atoms. The number of carbonyl (C=O) groups is 1. The van der Waals surface area contributed by atoms with Crippen LogP contribution in [0.15, 0.2) is 24.3 Å². The van der Waals surface area contributed by atoms with Crippen molar-refractivity contribution >= 4 is 5.91 Å². The average molecular weight is 272 g/mol. The van der Waals surface area contributed by atoms with Gasteiger partial charge in [-0.05, 0) is 17.7 Å². The SMILES string of the molecule is CC(CN)C(=O)N(C)Cc1ccc(OC(F)F)cc1. The van der Waals surface area contributed by atoms with Gasteiger partial charge in [-0.25, -0.2) is 0 Å². The molecule has 1 amide bonds. The Morgan fingerprint density at radius 3 is 2.42 bits per heavy atom. The normalized spacial score (nSPS) is 12.3. The molecule has 0 saturated carbocycles. The van der Waals surface area contributed by atoms with Crippen molar-refractivity contribution in [2.75, 3.05) is 13.6 Å². The topological polar surface area (TPSA) is 55.6 Å². The van der Waals surface area contributed by atoms with Crippen LogP contribution in [0.5, 0.6) is 5.75 Å². The van der Waals surface area contributed by atoms with E-state index in [0.29, 0.717) is 13.1 Å². The third-order valence-electron chi connectivity index (χ3n) is 2.72. The molecule has 0 aliphatic rings. The highest BCUT2D eigenvalue weighted by molar-refractivity contribution is 5.78. The van der Waals surface area contributed by atoms with Crippen molar-refractivity contribution in [2.45, 2.75) is 20.1 Å². The molecule has 0 aliphatic carbocycles. The molecule has 0 fully saturated rings. The summed E-state index contributed by atoms with van der Waals surface area (Å²) >= 11 is 0. The maximum absolute atomic E-state index is 12.0. The van der Waals surface area contributed by atoms with Crippen LogP contribution in [0.25, 0.3) is 0 Å². The van der Waals surface area contributed by atoms with Gasteiger partial charge in [-0.2, -0.15) is 8.78 Å². The van der Waals surface area contributed by atoms with Gasteiger partial charge in [-0.15, -0.1) is 0 Å². The lowest BCUT2D eigenvalue weighted by Crippen LogP contribution is -2.34. The fourth-order valence-electron chi connectivity index (χ4n) is 1.61. The first-order valence-electron chi connectivity index (χ1n) is 5.92. The molecule has 1 atom stereocenters. The lowest BCUT2D eigenvalue weighted by molar-refractivity contribution is -0.133. The van der Waals surface area contributed by atoms with Crippen LogP contribution < -0.4 is 10.5 Å². The van der Waals surface area contributed by atoms with Crippen LogP contribution in [0.4, 0.5) is 8.78 Å². The van der Waals surface area contributed by atoms with Gasteiger partial charge in [0.2, 0.25) is 5.91 Å². The Morgan fingerprint density at radius 1 is 1.37 bits per heavy atom. The van der Waals surface area contributed by atoms with E-state index in [1.165, 1.54) is 12.1 Å². The van der Waals surface area contributed by atoms with E-state index in [2.05, 4.69) is 4.74 Å². The second-order valence-electron chi connectivity index (χ2n) is 4.35. The highest BCUT2D eigenvalue weighted by Gasteiger charge is 2.16. The molecule has 1 aromatic carbocycles. The molecule has 4 nitrogen and oxygen atoms in total. The first-order valence-corrected chi connectivity index (χ1v) is 5.92. The van der Waals surface area contributed by atoms with Gasteiger partial charge in [0.25, 0.3) is 0 Å². The minimum atomic E-state index is -2.83. The fraction of sp³-hybridized carbons (Fsp3) is 0.462. The van der Waals surface area contributed by atoms with Crippen LogP contribution in [0.3, 0.4) is 0 Å². The van der Waals surface area contributed by atoms with Gasteiger partial charge < -0.3 is 15.4 Å². The van der Waals surface area contributed by atoms with Crippen LogP contribution in [-0.2, 0) is 11.3 Å². The van der Waals surface area contributed by atoms with Crippen LogP contribution >= 0.6 is 0 Å². The zero-order valence-corrected chi connectivity index (χ0v) is 11.0. The molecule has 1 aromatic rings. The Balaban J connectivity index is 2.60. The predicted octanol–water partition coefficient (Wildman–Crippen LogP) is 1.84. The lowest BCUT2D eigenvalue weighted by atomic mass is 10.1. The van der Waals surface area contributed by atoms with E-state index in [1.54, 1.807) is 31.0 Å². The third-order valence-corrected chi connectivity index (χ3v) is 2.72. The highest BCUT2D eigenvalue weighted by Crippen LogP contribution is 2.16. The van der Waals surface area contributed by atoms with E-state index in [9.17, 15) is 13.6 Å². The van der Waals surface area contributed by atoms with Crippen LogP contribution in [-0.4, -0.2) is 31.0 Å². The number of hydrogen-bond acceptors (Lipinski definition) is 3. The molecule has 0 saturated heterocycles. The van der Waals surface area contributed by atoms with Gasteiger partial charge in [0, 0.05) is 26.1 Å². The van der Waals surface area contributed by atoms with E-state index in [0.717, 1.165) is 5.56 Å². The van der Waals surface area contributed by atoms with Crippen molar-refractivity contribution in [1.29, 1.82) is 0 Å². The number of benzene rings is 1. The van der Waals surface area contributed by atoms with E-state index in [1.807, 2.05) is 0 Å². The number of rotatable bonds is 6.